The molecule has 0 amide bonds. The molecular weight excluding hydrogens is 235 g/mol. The van der Waals surface area contributed by atoms with Crippen molar-refractivity contribution in [1.82, 2.24) is 0 Å². The summed E-state index contributed by atoms with van der Waals surface area (Å²) in [5.74, 6) is 7.21. The minimum atomic E-state index is -0.124. The first-order valence-corrected chi connectivity index (χ1v) is 7.17. The van der Waals surface area contributed by atoms with E-state index in [-0.39, 0.29) is 5.82 Å². The number of halogens is 1. The average Bonchev–Trinajstić information content (AvgIpc) is 2.41. The fourth-order valence-corrected chi connectivity index (χ4v) is 2.35. The number of benzene rings is 1. The molecule has 0 fully saturated rings. The average molecular weight is 256 g/mol. The molecule has 100 valence electrons. The van der Waals surface area contributed by atoms with Gasteiger partial charge in [-0.1, -0.05) is 50.3 Å². The van der Waals surface area contributed by atoms with Crippen LogP contribution >= 0.6 is 0 Å². The lowest BCUT2D eigenvalue weighted by Gasteiger charge is -2.15. The van der Waals surface area contributed by atoms with Crippen LogP contribution in [0.25, 0.3) is 0 Å². The zero-order valence-electron chi connectivity index (χ0n) is 11.7. The topological polar surface area (TPSA) is 0 Å². The van der Waals surface area contributed by atoms with Crippen molar-refractivity contribution in [3.63, 3.8) is 0 Å². The predicted molar refractivity (Wildman–Crippen MR) is 78.3 cm³/mol. The van der Waals surface area contributed by atoms with Crippen molar-refractivity contribution >= 4 is 0 Å². The number of allylic oxidation sites excluding steroid dienone is 2. The second kappa shape index (κ2) is 6.57. The third-order valence-corrected chi connectivity index (χ3v) is 3.58. The van der Waals surface area contributed by atoms with Gasteiger partial charge in [0.05, 0.1) is 0 Å². The molecule has 1 aromatic rings. The highest BCUT2D eigenvalue weighted by molar-refractivity contribution is 5.38. The molecule has 0 radical (unpaired) electrons. The van der Waals surface area contributed by atoms with Gasteiger partial charge >= 0.3 is 0 Å². The Hall–Kier alpha value is -1.55. The van der Waals surface area contributed by atoms with Crippen LogP contribution in [-0.4, -0.2) is 0 Å². The van der Waals surface area contributed by atoms with Gasteiger partial charge in [-0.3, -0.25) is 0 Å². The van der Waals surface area contributed by atoms with Crippen molar-refractivity contribution in [3.05, 3.63) is 47.3 Å². The molecule has 19 heavy (non-hydrogen) atoms. The molecule has 0 nitrogen and oxygen atoms in total. The van der Waals surface area contributed by atoms with E-state index in [4.69, 9.17) is 0 Å². The van der Waals surface area contributed by atoms with Crippen LogP contribution in [-0.2, 0) is 6.42 Å². The van der Waals surface area contributed by atoms with Crippen LogP contribution in [0.4, 0.5) is 4.39 Å². The molecule has 0 aromatic heterocycles. The Morgan fingerprint density at radius 3 is 2.74 bits per heavy atom. The first kappa shape index (κ1) is 13.9. The summed E-state index contributed by atoms with van der Waals surface area (Å²) < 4.78 is 13.8. The summed E-state index contributed by atoms with van der Waals surface area (Å²) in [6, 6.07) is 5.35. The second-order valence-corrected chi connectivity index (χ2v) is 5.37. The molecule has 1 aromatic carbocycles. The molecule has 2 unspecified atom stereocenters. The molecule has 1 aliphatic carbocycles. The molecule has 0 saturated heterocycles. The van der Waals surface area contributed by atoms with Gasteiger partial charge in [-0.05, 0) is 42.9 Å². The molecule has 2 atom stereocenters. The van der Waals surface area contributed by atoms with E-state index in [2.05, 4.69) is 37.8 Å². The van der Waals surface area contributed by atoms with Gasteiger partial charge in [-0.2, -0.15) is 0 Å². The van der Waals surface area contributed by atoms with E-state index in [9.17, 15) is 4.39 Å². The fraction of sp³-hybridized carbons (Fsp3) is 0.444. The lowest BCUT2D eigenvalue weighted by molar-refractivity contribution is 0.538. The Balaban J connectivity index is 2.08. The second-order valence-electron chi connectivity index (χ2n) is 5.37. The molecule has 0 bridgehead atoms. The highest BCUT2D eigenvalue weighted by atomic mass is 19.1. The monoisotopic (exact) mass is 256 g/mol. The summed E-state index contributed by atoms with van der Waals surface area (Å²) in [6.45, 7) is 4.28. The Kier molecular flexibility index (Phi) is 4.80. The Labute approximate surface area is 115 Å². The summed E-state index contributed by atoms with van der Waals surface area (Å²) in [5.41, 5.74) is 1.57. The summed E-state index contributed by atoms with van der Waals surface area (Å²) >= 11 is 0. The molecule has 0 saturated carbocycles. The first-order valence-electron chi connectivity index (χ1n) is 7.17. The molecular formula is C18H21F. The van der Waals surface area contributed by atoms with E-state index in [0.717, 1.165) is 30.4 Å². The van der Waals surface area contributed by atoms with Crippen molar-refractivity contribution in [3.8, 4) is 11.8 Å². The zero-order chi connectivity index (χ0) is 13.7. The smallest absolute Gasteiger partial charge is 0.127 e. The molecule has 1 heteroatoms. The summed E-state index contributed by atoms with van der Waals surface area (Å²) in [4.78, 5) is 0. The van der Waals surface area contributed by atoms with E-state index in [1.54, 1.807) is 6.07 Å². The van der Waals surface area contributed by atoms with E-state index >= 15 is 0 Å². The highest BCUT2D eigenvalue weighted by Gasteiger charge is 2.09. The van der Waals surface area contributed by atoms with Gasteiger partial charge in [0.1, 0.15) is 5.82 Å². The van der Waals surface area contributed by atoms with Gasteiger partial charge in [0.15, 0.2) is 0 Å². The van der Waals surface area contributed by atoms with Gasteiger partial charge in [0.25, 0.3) is 0 Å². The quantitative estimate of drug-likeness (QED) is 0.530. The van der Waals surface area contributed by atoms with E-state index < -0.39 is 0 Å². The van der Waals surface area contributed by atoms with Gasteiger partial charge in [-0.25, -0.2) is 4.39 Å². The number of rotatable bonds is 2. The predicted octanol–water partition coefficient (Wildman–Crippen LogP) is 4.73. The van der Waals surface area contributed by atoms with Crippen molar-refractivity contribution in [2.75, 3.05) is 0 Å². The maximum absolute atomic E-state index is 13.8. The normalized spacial score (nSPS) is 21.8. The van der Waals surface area contributed by atoms with Crippen LogP contribution in [0.15, 0.2) is 30.4 Å². The minimum absolute atomic E-state index is 0.124. The van der Waals surface area contributed by atoms with Crippen molar-refractivity contribution in [1.29, 1.82) is 0 Å². The zero-order valence-corrected chi connectivity index (χ0v) is 11.7. The largest absolute Gasteiger partial charge is 0.207 e. The Morgan fingerprint density at radius 2 is 2.11 bits per heavy atom. The van der Waals surface area contributed by atoms with Gasteiger partial charge in [0.2, 0.25) is 0 Å². The third-order valence-electron chi connectivity index (χ3n) is 3.58. The van der Waals surface area contributed by atoms with E-state index in [1.807, 2.05) is 12.1 Å². The number of hydrogen-bond donors (Lipinski definition) is 0. The van der Waals surface area contributed by atoms with Crippen molar-refractivity contribution in [2.45, 2.75) is 39.5 Å². The molecule has 0 spiro atoms. The summed E-state index contributed by atoms with van der Waals surface area (Å²) in [7, 11) is 0. The van der Waals surface area contributed by atoms with Crippen LogP contribution in [0.1, 0.15) is 44.2 Å². The number of hydrogen-bond acceptors (Lipinski definition) is 0. The lowest BCUT2D eigenvalue weighted by atomic mass is 9.90. The van der Waals surface area contributed by atoms with E-state index in [0.29, 0.717) is 11.8 Å². The molecule has 0 aliphatic heterocycles. The van der Waals surface area contributed by atoms with Crippen molar-refractivity contribution in [2.24, 2.45) is 11.8 Å². The third kappa shape index (κ3) is 3.96. The number of aryl methyl sites for hydroxylation is 1. The molecule has 0 N–H and O–H groups in total. The van der Waals surface area contributed by atoms with Crippen LogP contribution in [0, 0.1) is 29.5 Å². The Morgan fingerprint density at radius 1 is 1.26 bits per heavy atom. The minimum Gasteiger partial charge on any atom is -0.207 e. The molecule has 2 rings (SSSR count). The van der Waals surface area contributed by atoms with Crippen LogP contribution < -0.4 is 0 Å². The van der Waals surface area contributed by atoms with E-state index in [1.165, 1.54) is 6.42 Å². The van der Waals surface area contributed by atoms with Crippen LogP contribution in [0.5, 0.6) is 0 Å². The van der Waals surface area contributed by atoms with Gasteiger partial charge in [0, 0.05) is 11.5 Å². The van der Waals surface area contributed by atoms with Gasteiger partial charge < -0.3 is 0 Å². The van der Waals surface area contributed by atoms with Crippen LogP contribution in [0.2, 0.25) is 0 Å². The lowest BCUT2D eigenvalue weighted by Crippen LogP contribution is -2.03. The fourth-order valence-electron chi connectivity index (χ4n) is 2.35. The summed E-state index contributed by atoms with van der Waals surface area (Å²) in [6.07, 6.45) is 8.48. The summed E-state index contributed by atoms with van der Waals surface area (Å²) in [5, 5.41) is 0. The maximum atomic E-state index is 13.8. The maximum Gasteiger partial charge on any atom is 0.127 e. The SMILES string of the molecule is CCCc1ccc(C#CC2C=CC(C)CC2)cc1F. The molecule has 0 heterocycles. The van der Waals surface area contributed by atoms with Gasteiger partial charge in [-0.15, -0.1) is 0 Å². The molecule has 1 aliphatic rings. The highest BCUT2D eigenvalue weighted by Crippen LogP contribution is 2.21. The Bertz CT molecular complexity index is 516. The van der Waals surface area contributed by atoms with Crippen molar-refractivity contribution < 1.29 is 4.39 Å². The first-order chi connectivity index (χ1) is 9.19. The standard InChI is InChI=1S/C18H21F/c1-3-4-17-12-11-16(13-18(17)19)10-9-15-7-5-14(2)6-8-15/h5,7,11-15H,3-4,6,8H2,1-2H3. The van der Waals surface area contributed by atoms with Crippen LogP contribution in [0.3, 0.4) is 0 Å².